The maximum atomic E-state index is 11.1. The molecule has 60 valence electrons. The molecule has 11 heavy (non-hydrogen) atoms. The second kappa shape index (κ2) is 4.12. The normalized spacial score (nSPS) is 20.1. The molecule has 1 nitrogen and oxygen atoms in total. The number of carbonyl (C=O) groups excluding carboxylic acids is 1. The highest BCUT2D eigenvalue weighted by Crippen LogP contribution is 2.15. The number of carbonyl (C=O) groups is 1. The van der Waals surface area contributed by atoms with Crippen molar-refractivity contribution in [3.8, 4) is 0 Å². The van der Waals surface area contributed by atoms with Crippen LogP contribution >= 0.6 is 0 Å². The van der Waals surface area contributed by atoms with Crippen LogP contribution in [0, 0.1) is 0 Å². The number of hydrogen-bond donors (Lipinski definition) is 0. The Morgan fingerprint density at radius 1 is 1.36 bits per heavy atom. The number of hydrogen-bond acceptors (Lipinski definition) is 1. The molecule has 1 heteroatoms. The molecule has 0 unspecified atom stereocenters. The first-order valence-electron chi connectivity index (χ1n) is 4.19. The minimum atomic E-state index is 0.288. The lowest BCUT2D eigenvalue weighted by Gasteiger charge is -1.94. The lowest BCUT2D eigenvalue weighted by atomic mass is 10.1. The summed E-state index contributed by atoms with van der Waals surface area (Å²) in [5.74, 6) is 0.288. The molecule has 1 rings (SSSR count). The predicted octanol–water partition coefficient (Wildman–Crippen LogP) is 2.63. The van der Waals surface area contributed by atoms with E-state index >= 15 is 0 Å². The predicted molar refractivity (Wildman–Crippen MR) is 46.4 cm³/mol. The first-order valence-corrected chi connectivity index (χ1v) is 4.19. The lowest BCUT2D eigenvalue weighted by Crippen LogP contribution is -1.89. The molecule has 1 aliphatic carbocycles. The van der Waals surface area contributed by atoms with E-state index in [9.17, 15) is 4.79 Å². The molecule has 0 saturated carbocycles. The van der Waals surface area contributed by atoms with Crippen LogP contribution in [0.1, 0.15) is 32.6 Å². The van der Waals surface area contributed by atoms with E-state index in [2.05, 4.69) is 0 Å². The molecule has 0 fully saturated rings. The van der Waals surface area contributed by atoms with Crippen LogP contribution in [0.4, 0.5) is 0 Å². The monoisotopic (exact) mass is 150 g/mol. The Labute approximate surface area is 67.8 Å². The van der Waals surface area contributed by atoms with E-state index in [1.165, 1.54) is 5.57 Å². The molecule has 0 aromatic carbocycles. The Kier molecular flexibility index (Phi) is 3.09. The zero-order valence-electron chi connectivity index (χ0n) is 6.97. The lowest BCUT2D eigenvalue weighted by molar-refractivity contribution is -0.114. The summed E-state index contributed by atoms with van der Waals surface area (Å²) in [7, 11) is 0. The van der Waals surface area contributed by atoms with Gasteiger partial charge in [-0.25, -0.2) is 0 Å². The summed E-state index contributed by atoms with van der Waals surface area (Å²) < 4.78 is 0. The fourth-order valence-electron chi connectivity index (χ4n) is 1.32. The van der Waals surface area contributed by atoms with Gasteiger partial charge in [0.05, 0.1) is 0 Å². The van der Waals surface area contributed by atoms with Gasteiger partial charge in [-0.2, -0.15) is 0 Å². The zero-order chi connectivity index (χ0) is 8.10. The van der Waals surface area contributed by atoms with E-state index in [0.29, 0.717) is 0 Å². The highest BCUT2D eigenvalue weighted by atomic mass is 16.1. The van der Waals surface area contributed by atoms with Gasteiger partial charge < -0.3 is 0 Å². The van der Waals surface area contributed by atoms with E-state index in [1.807, 2.05) is 19.1 Å². The average molecular weight is 150 g/mol. The Bertz CT molecular complexity index is 199. The van der Waals surface area contributed by atoms with Crippen LogP contribution in [-0.4, -0.2) is 5.78 Å². The van der Waals surface area contributed by atoms with Crippen molar-refractivity contribution in [1.82, 2.24) is 0 Å². The van der Waals surface area contributed by atoms with Crippen molar-refractivity contribution >= 4 is 5.78 Å². The van der Waals surface area contributed by atoms with Crippen LogP contribution in [0.25, 0.3) is 0 Å². The Morgan fingerprint density at radius 3 is 2.82 bits per heavy atom. The first kappa shape index (κ1) is 8.25. The quantitative estimate of drug-likeness (QED) is 0.561. The number of rotatable bonds is 1. The molecule has 1 aliphatic rings. The molecule has 0 aliphatic heterocycles. The first-order chi connectivity index (χ1) is 5.33. The largest absolute Gasteiger partial charge is 0.295 e. The van der Waals surface area contributed by atoms with Gasteiger partial charge in [-0.05, 0) is 37.8 Å². The van der Waals surface area contributed by atoms with Crippen LogP contribution in [0.5, 0.6) is 0 Å². The molecular formula is C10H14O. The Hall–Kier alpha value is -0.850. The molecule has 0 spiro atoms. The van der Waals surface area contributed by atoms with Gasteiger partial charge in [0, 0.05) is 6.42 Å². The fraction of sp³-hybridized carbons (Fsp3) is 0.500. The number of ketones is 1. The third-order valence-corrected chi connectivity index (χ3v) is 1.87. The summed E-state index contributed by atoms with van der Waals surface area (Å²) in [6.45, 7) is 1.98. The third kappa shape index (κ3) is 2.71. The number of allylic oxidation sites excluding steroid dienone is 4. The maximum Gasteiger partial charge on any atom is 0.155 e. The summed E-state index contributed by atoms with van der Waals surface area (Å²) in [6, 6.07) is 0. The van der Waals surface area contributed by atoms with Crippen LogP contribution in [0.3, 0.4) is 0 Å². The van der Waals surface area contributed by atoms with Crippen molar-refractivity contribution in [3.05, 3.63) is 23.8 Å². The topological polar surface area (TPSA) is 17.1 Å². The standard InChI is InChI=1S/C10H14O/c1-2-5-9-6-3-4-7-10(11)8-9/h2,5,8H,3-4,6-7H2,1H3/b5-2+. The Balaban J connectivity index is 2.66. The van der Waals surface area contributed by atoms with Gasteiger partial charge in [0.1, 0.15) is 0 Å². The Morgan fingerprint density at radius 2 is 2.09 bits per heavy atom. The fourth-order valence-corrected chi connectivity index (χ4v) is 1.32. The molecule has 0 saturated heterocycles. The summed E-state index contributed by atoms with van der Waals surface area (Å²) in [5, 5.41) is 0. The van der Waals surface area contributed by atoms with Gasteiger partial charge in [0.25, 0.3) is 0 Å². The van der Waals surface area contributed by atoms with Crippen molar-refractivity contribution in [2.24, 2.45) is 0 Å². The van der Waals surface area contributed by atoms with E-state index in [1.54, 1.807) is 6.08 Å². The molecule has 0 N–H and O–H groups in total. The van der Waals surface area contributed by atoms with Crippen molar-refractivity contribution in [1.29, 1.82) is 0 Å². The minimum Gasteiger partial charge on any atom is -0.295 e. The van der Waals surface area contributed by atoms with Gasteiger partial charge in [0.15, 0.2) is 5.78 Å². The van der Waals surface area contributed by atoms with Gasteiger partial charge in [-0.3, -0.25) is 4.79 Å². The molecule has 0 atom stereocenters. The second-order valence-corrected chi connectivity index (χ2v) is 2.89. The van der Waals surface area contributed by atoms with Gasteiger partial charge in [-0.15, -0.1) is 0 Å². The highest BCUT2D eigenvalue weighted by molar-refractivity contribution is 5.90. The van der Waals surface area contributed by atoms with E-state index in [0.717, 1.165) is 25.7 Å². The maximum absolute atomic E-state index is 11.1. The minimum absolute atomic E-state index is 0.288. The smallest absolute Gasteiger partial charge is 0.155 e. The average Bonchev–Trinajstić information content (AvgIpc) is 2.15. The van der Waals surface area contributed by atoms with E-state index < -0.39 is 0 Å². The molecule has 0 aromatic heterocycles. The van der Waals surface area contributed by atoms with Crippen molar-refractivity contribution < 1.29 is 4.79 Å². The van der Waals surface area contributed by atoms with Crippen LogP contribution in [0.15, 0.2) is 23.8 Å². The summed E-state index contributed by atoms with van der Waals surface area (Å²) >= 11 is 0. The molecule has 0 aromatic rings. The van der Waals surface area contributed by atoms with Gasteiger partial charge >= 0.3 is 0 Å². The van der Waals surface area contributed by atoms with Crippen molar-refractivity contribution in [2.45, 2.75) is 32.6 Å². The van der Waals surface area contributed by atoms with Crippen molar-refractivity contribution in [2.75, 3.05) is 0 Å². The van der Waals surface area contributed by atoms with Gasteiger partial charge in [0.2, 0.25) is 0 Å². The zero-order valence-corrected chi connectivity index (χ0v) is 6.97. The summed E-state index contributed by atoms with van der Waals surface area (Å²) in [6.07, 6.45) is 9.82. The van der Waals surface area contributed by atoms with E-state index in [-0.39, 0.29) is 5.78 Å². The highest BCUT2D eigenvalue weighted by Gasteiger charge is 2.05. The molecule has 0 amide bonds. The van der Waals surface area contributed by atoms with E-state index in [4.69, 9.17) is 0 Å². The molecular weight excluding hydrogens is 136 g/mol. The summed E-state index contributed by atoms with van der Waals surface area (Å²) in [5.41, 5.74) is 1.19. The molecule has 0 heterocycles. The van der Waals surface area contributed by atoms with Crippen molar-refractivity contribution in [3.63, 3.8) is 0 Å². The third-order valence-electron chi connectivity index (χ3n) is 1.87. The van der Waals surface area contributed by atoms with Crippen LogP contribution in [0.2, 0.25) is 0 Å². The van der Waals surface area contributed by atoms with Crippen LogP contribution < -0.4 is 0 Å². The molecule has 0 radical (unpaired) electrons. The SMILES string of the molecule is C/C=C/C1=CC(=O)CCCC1. The van der Waals surface area contributed by atoms with Crippen LogP contribution in [-0.2, 0) is 4.79 Å². The second-order valence-electron chi connectivity index (χ2n) is 2.89. The van der Waals surface area contributed by atoms with Gasteiger partial charge in [-0.1, -0.05) is 12.2 Å². The summed E-state index contributed by atoms with van der Waals surface area (Å²) in [4.78, 5) is 11.1. The molecule has 0 bridgehead atoms.